The molecule has 0 fully saturated rings. The third-order valence-corrected chi connectivity index (χ3v) is 2.10. The van der Waals surface area contributed by atoms with Crippen molar-refractivity contribution in [2.75, 3.05) is 0 Å². The molecule has 0 bridgehead atoms. The molecular weight excluding hydrogens is 183 g/mol. The zero-order chi connectivity index (χ0) is 10.1. The van der Waals surface area contributed by atoms with E-state index in [2.05, 4.69) is 0 Å². The Balaban J connectivity index is 2.90. The van der Waals surface area contributed by atoms with Gasteiger partial charge in [0, 0.05) is 12.5 Å². The lowest BCUT2D eigenvalue weighted by atomic mass is 10.2. The van der Waals surface area contributed by atoms with Crippen molar-refractivity contribution in [3.8, 4) is 0 Å². The van der Waals surface area contributed by atoms with Crippen LogP contribution in [0.1, 0.15) is 12.7 Å². The third-order valence-electron chi connectivity index (χ3n) is 2.10. The lowest BCUT2D eigenvalue weighted by Gasteiger charge is -2.00. The van der Waals surface area contributed by atoms with E-state index in [1.54, 1.807) is 6.07 Å². The fourth-order valence-electron chi connectivity index (χ4n) is 1.39. The molecule has 0 N–H and O–H groups in total. The Hall–Kier alpha value is -1.64. The van der Waals surface area contributed by atoms with Crippen molar-refractivity contribution in [3.05, 3.63) is 46.1 Å². The van der Waals surface area contributed by atoms with Gasteiger partial charge in [-0.05, 0) is 12.1 Å². The number of fused-ring (bicyclic) bond motifs is 1. The molecule has 1 aromatic heterocycles. The molecule has 0 aliphatic rings. The first kappa shape index (κ1) is 8.94. The standard InChI is InChI=1S/C11H9FO2/c1-2-7-6-9(13)11-8(12)4-3-5-10(11)14-7/h3-6H,2H2,1H3. The first-order chi connectivity index (χ1) is 6.72. The van der Waals surface area contributed by atoms with Crippen LogP contribution in [0.4, 0.5) is 4.39 Å². The summed E-state index contributed by atoms with van der Waals surface area (Å²) in [7, 11) is 0. The summed E-state index contributed by atoms with van der Waals surface area (Å²) >= 11 is 0. The van der Waals surface area contributed by atoms with E-state index in [0.717, 1.165) is 0 Å². The molecule has 2 rings (SSSR count). The van der Waals surface area contributed by atoms with Crippen LogP contribution in [-0.4, -0.2) is 0 Å². The molecule has 0 saturated carbocycles. The Morgan fingerprint density at radius 3 is 2.93 bits per heavy atom. The average molecular weight is 192 g/mol. The SMILES string of the molecule is CCc1cc(=O)c2c(F)cccc2o1. The average Bonchev–Trinajstić information content (AvgIpc) is 2.17. The number of benzene rings is 1. The summed E-state index contributed by atoms with van der Waals surface area (Å²) in [5.41, 5.74) is -0.00412. The summed E-state index contributed by atoms with van der Waals surface area (Å²) in [5.74, 6) is 0.0482. The predicted octanol–water partition coefficient (Wildman–Crippen LogP) is 2.49. The van der Waals surface area contributed by atoms with Gasteiger partial charge in [0.25, 0.3) is 0 Å². The van der Waals surface area contributed by atoms with Crippen LogP contribution in [0.2, 0.25) is 0 Å². The molecule has 2 aromatic rings. The summed E-state index contributed by atoms with van der Waals surface area (Å²) in [6.45, 7) is 1.88. The number of halogens is 1. The fourth-order valence-corrected chi connectivity index (χ4v) is 1.39. The Bertz CT molecular complexity index is 528. The van der Waals surface area contributed by atoms with E-state index < -0.39 is 5.82 Å². The Morgan fingerprint density at radius 1 is 1.43 bits per heavy atom. The maximum atomic E-state index is 13.2. The highest BCUT2D eigenvalue weighted by atomic mass is 19.1. The minimum atomic E-state index is -0.529. The molecule has 3 heteroatoms. The van der Waals surface area contributed by atoms with Crippen LogP contribution in [0.25, 0.3) is 11.0 Å². The van der Waals surface area contributed by atoms with Gasteiger partial charge in [-0.2, -0.15) is 0 Å². The van der Waals surface area contributed by atoms with Gasteiger partial charge in [0.2, 0.25) is 0 Å². The number of rotatable bonds is 1. The molecule has 0 saturated heterocycles. The second kappa shape index (κ2) is 3.25. The molecule has 72 valence electrons. The highest BCUT2D eigenvalue weighted by molar-refractivity contribution is 5.76. The summed E-state index contributed by atoms with van der Waals surface area (Å²) in [5, 5.41) is 0.0321. The quantitative estimate of drug-likeness (QED) is 0.694. The monoisotopic (exact) mass is 192 g/mol. The maximum Gasteiger partial charge on any atom is 0.195 e. The molecular formula is C11H9FO2. The van der Waals surface area contributed by atoms with Crippen molar-refractivity contribution in [3.63, 3.8) is 0 Å². The topological polar surface area (TPSA) is 30.2 Å². The van der Waals surface area contributed by atoms with Gasteiger partial charge in [-0.1, -0.05) is 13.0 Å². The van der Waals surface area contributed by atoms with Gasteiger partial charge in [0.05, 0.1) is 0 Å². The minimum Gasteiger partial charge on any atom is -0.461 e. The smallest absolute Gasteiger partial charge is 0.195 e. The normalized spacial score (nSPS) is 10.7. The number of hydrogen-bond donors (Lipinski definition) is 0. The van der Waals surface area contributed by atoms with Crippen molar-refractivity contribution >= 4 is 11.0 Å². The van der Waals surface area contributed by atoms with Crippen LogP contribution >= 0.6 is 0 Å². The van der Waals surface area contributed by atoms with Gasteiger partial charge in [0.15, 0.2) is 5.43 Å². The zero-order valence-corrected chi connectivity index (χ0v) is 7.71. The van der Waals surface area contributed by atoms with Crippen molar-refractivity contribution < 1.29 is 8.81 Å². The van der Waals surface area contributed by atoms with Gasteiger partial charge >= 0.3 is 0 Å². The van der Waals surface area contributed by atoms with Gasteiger partial charge in [0.1, 0.15) is 22.5 Å². The van der Waals surface area contributed by atoms with E-state index in [0.29, 0.717) is 17.8 Å². The van der Waals surface area contributed by atoms with Crippen molar-refractivity contribution in [1.29, 1.82) is 0 Å². The van der Waals surface area contributed by atoms with Gasteiger partial charge in [-0.15, -0.1) is 0 Å². The first-order valence-corrected chi connectivity index (χ1v) is 4.43. The molecule has 0 aliphatic heterocycles. The minimum absolute atomic E-state index is 0.0321. The van der Waals surface area contributed by atoms with E-state index >= 15 is 0 Å². The zero-order valence-electron chi connectivity index (χ0n) is 7.71. The van der Waals surface area contributed by atoms with Crippen LogP contribution in [0.15, 0.2) is 33.5 Å². The highest BCUT2D eigenvalue weighted by Crippen LogP contribution is 2.15. The second-order valence-electron chi connectivity index (χ2n) is 3.04. The summed E-state index contributed by atoms with van der Waals surface area (Å²) in [4.78, 5) is 11.5. The lowest BCUT2D eigenvalue weighted by Crippen LogP contribution is -2.03. The summed E-state index contributed by atoms with van der Waals surface area (Å²) in [6, 6.07) is 5.72. The second-order valence-corrected chi connectivity index (χ2v) is 3.04. The Kier molecular flexibility index (Phi) is 2.08. The molecule has 0 aliphatic carbocycles. The van der Waals surface area contributed by atoms with E-state index in [-0.39, 0.29) is 10.8 Å². The summed E-state index contributed by atoms with van der Waals surface area (Å²) in [6.07, 6.45) is 0.627. The van der Waals surface area contributed by atoms with Crippen LogP contribution in [0.5, 0.6) is 0 Å². The molecule has 1 heterocycles. The molecule has 1 aromatic carbocycles. The van der Waals surface area contributed by atoms with E-state index in [9.17, 15) is 9.18 Å². The number of hydrogen-bond acceptors (Lipinski definition) is 2. The Morgan fingerprint density at radius 2 is 2.21 bits per heavy atom. The molecule has 14 heavy (non-hydrogen) atoms. The first-order valence-electron chi connectivity index (χ1n) is 4.43. The predicted molar refractivity (Wildman–Crippen MR) is 51.8 cm³/mol. The van der Waals surface area contributed by atoms with Crippen LogP contribution in [0.3, 0.4) is 0 Å². The molecule has 0 spiro atoms. The van der Waals surface area contributed by atoms with E-state index in [1.807, 2.05) is 6.92 Å². The molecule has 0 unspecified atom stereocenters. The molecule has 0 radical (unpaired) electrons. The van der Waals surface area contributed by atoms with Gasteiger partial charge in [-0.25, -0.2) is 4.39 Å². The maximum absolute atomic E-state index is 13.2. The molecule has 0 amide bonds. The van der Waals surface area contributed by atoms with E-state index in [1.165, 1.54) is 18.2 Å². The fraction of sp³-hybridized carbons (Fsp3) is 0.182. The van der Waals surface area contributed by atoms with Crippen LogP contribution in [-0.2, 0) is 6.42 Å². The largest absolute Gasteiger partial charge is 0.461 e. The van der Waals surface area contributed by atoms with Crippen molar-refractivity contribution in [2.24, 2.45) is 0 Å². The van der Waals surface area contributed by atoms with Gasteiger partial charge < -0.3 is 4.42 Å². The van der Waals surface area contributed by atoms with Crippen molar-refractivity contribution in [2.45, 2.75) is 13.3 Å². The molecule has 2 nitrogen and oxygen atoms in total. The van der Waals surface area contributed by atoms with Crippen molar-refractivity contribution in [1.82, 2.24) is 0 Å². The third kappa shape index (κ3) is 1.31. The highest BCUT2D eigenvalue weighted by Gasteiger charge is 2.07. The van der Waals surface area contributed by atoms with Crippen LogP contribution in [0, 0.1) is 5.82 Å². The van der Waals surface area contributed by atoms with E-state index in [4.69, 9.17) is 4.42 Å². The Labute approximate surface area is 80.0 Å². The molecule has 0 atom stereocenters. The van der Waals surface area contributed by atoms with Crippen LogP contribution < -0.4 is 5.43 Å². The lowest BCUT2D eigenvalue weighted by molar-refractivity contribution is 0.539. The number of aryl methyl sites for hydroxylation is 1. The summed E-state index contributed by atoms with van der Waals surface area (Å²) < 4.78 is 18.6. The van der Waals surface area contributed by atoms with Gasteiger partial charge in [-0.3, -0.25) is 4.79 Å².